The number of aromatic nitrogens is 2. The summed E-state index contributed by atoms with van der Waals surface area (Å²) < 4.78 is 0. The van der Waals surface area contributed by atoms with Gasteiger partial charge in [-0.2, -0.15) is 10.5 Å². The van der Waals surface area contributed by atoms with Crippen molar-refractivity contribution in [3.05, 3.63) is 64.8 Å². The number of hydrogen-bond acceptors (Lipinski definition) is 7. The van der Waals surface area contributed by atoms with E-state index in [0.717, 1.165) is 16.7 Å². The van der Waals surface area contributed by atoms with E-state index in [1.54, 1.807) is 12.3 Å². The molecule has 0 saturated heterocycles. The molecule has 0 radical (unpaired) electrons. The van der Waals surface area contributed by atoms with E-state index in [1.165, 1.54) is 11.8 Å². The van der Waals surface area contributed by atoms with Gasteiger partial charge in [-0.1, -0.05) is 44.2 Å². The fraction of sp³-hybridized carbons (Fsp3) is 0.240. The minimum absolute atomic E-state index is 0.0653. The first kappa shape index (κ1) is 23.8. The summed E-state index contributed by atoms with van der Waals surface area (Å²) >= 11 is 1.26. The highest BCUT2D eigenvalue weighted by Gasteiger charge is 2.21. The van der Waals surface area contributed by atoms with Crippen LogP contribution in [0.2, 0.25) is 0 Å². The van der Waals surface area contributed by atoms with Gasteiger partial charge in [-0.25, -0.2) is 9.97 Å². The minimum Gasteiger partial charge on any atom is -0.383 e. The molecule has 0 atom stereocenters. The standard InChI is InChI=1S/C25H24N6OS/c1-15(2)17-6-8-18(9-7-17)22-19(13-26)23(28)31-25(20(22)14-27)33-12-10-21(32)30-24-16(3)5-4-11-29-24/h4-9,11,15H,10,12H2,1-3H3,(H2,28,31)(H,29,30,32). The molecule has 0 bridgehead atoms. The quantitative estimate of drug-likeness (QED) is 0.477. The second kappa shape index (κ2) is 10.6. The largest absolute Gasteiger partial charge is 0.383 e. The Morgan fingerprint density at radius 3 is 2.45 bits per heavy atom. The highest BCUT2D eigenvalue weighted by Crippen LogP contribution is 2.36. The van der Waals surface area contributed by atoms with Gasteiger partial charge in [0, 0.05) is 23.9 Å². The lowest BCUT2D eigenvalue weighted by atomic mass is 9.94. The first-order chi connectivity index (χ1) is 15.8. The number of nitrogens with two attached hydrogens (primary N) is 1. The molecule has 1 aromatic carbocycles. The predicted octanol–water partition coefficient (Wildman–Crippen LogP) is 5.02. The van der Waals surface area contributed by atoms with E-state index in [4.69, 9.17) is 5.73 Å². The number of anilines is 2. The Bertz CT molecular complexity index is 1260. The van der Waals surface area contributed by atoms with Gasteiger partial charge in [0.25, 0.3) is 0 Å². The maximum absolute atomic E-state index is 12.3. The molecular weight excluding hydrogens is 432 g/mol. The van der Waals surface area contributed by atoms with Crippen LogP contribution in [0.15, 0.2) is 47.6 Å². The first-order valence-corrected chi connectivity index (χ1v) is 11.4. The van der Waals surface area contributed by atoms with Gasteiger partial charge in [-0.15, -0.1) is 11.8 Å². The molecule has 0 aliphatic rings. The van der Waals surface area contributed by atoms with Crippen LogP contribution < -0.4 is 11.1 Å². The minimum atomic E-state index is -0.186. The zero-order chi connectivity index (χ0) is 24.0. The average molecular weight is 457 g/mol. The van der Waals surface area contributed by atoms with Crippen LogP contribution in [0.3, 0.4) is 0 Å². The Hall–Kier alpha value is -3.88. The third-order valence-electron chi connectivity index (χ3n) is 5.12. The number of pyridine rings is 2. The van der Waals surface area contributed by atoms with E-state index in [1.807, 2.05) is 37.3 Å². The number of carbonyl (C=O) groups is 1. The summed E-state index contributed by atoms with van der Waals surface area (Å²) in [7, 11) is 0. The third-order valence-corrected chi connectivity index (χ3v) is 6.09. The molecule has 33 heavy (non-hydrogen) atoms. The van der Waals surface area contributed by atoms with Crippen molar-refractivity contribution in [3.63, 3.8) is 0 Å². The number of amides is 1. The van der Waals surface area contributed by atoms with Crippen LogP contribution in [0, 0.1) is 29.6 Å². The van der Waals surface area contributed by atoms with Gasteiger partial charge in [0.2, 0.25) is 5.91 Å². The number of aryl methyl sites for hydroxylation is 1. The molecule has 0 saturated carbocycles. The predicted molar refractivity (Wildman–Crippen MR) is 131 cm³/mol. The van der Waals surface area contributed by atoms with Crippen LogP contribution >= 0.6 is 11.8 Å². The number of nitrogens with zero attached hydrogens (tertiary/aromatic N) is 4. The van der Waals surface area contributed by atoms with Gasteiger partial charge in [0.1, 0.15) is 34.4 Å². The zero-order valence-corrected chi connectivity index (χ0v) is 19.5. The van der Waals surface area contributed by atoms with Crippen molar-refractivity contribution in [1.29, 1.82) is 10.5 Å². The Labute approximate surface area is 197 Å². The number of thioether (sulfide) groups is 1. The summed E-state index contributed by atoms with van der Waals surface area (Å²) in [6, 6.07) is 15.7. The molecule has 166 valence electrons. The summed E-state index contributed by atoms with van der Waals surface area (Å²) in [5.41, 5.74) is 9.77. The Kier molecular flexibility index (Phi) is 7.66. The molecule has 3 rings (SSSR count). The molecule has 2 heterocycles. The number of nitrogen functional groups attached to an aromatic ring is 1. The van der Waals surface area contributed by atoms with E-state index >= 15 is 0 Å². The molecule has 0 aliphatic carbocycles. The molecule has 2 aromatic heterocycles. The molecule has 0 fully saturated rings. The number of carbonyl (C=O) groups excluding carboxylic acids is 1. The highest BCUT2D eigenvalue weighted by atomic mass is 32.2. The van der Waals surface area contributed by atoms with Crippen LogP contribution in [-0.2, 0) is 4.79 Å². The first-order valence-electron chi connectivity index (χ1n) is 10.4. The average Bonchev–Trinajstić information content (AvgIpc) is 2.80. The third kappa shape index (κ3) is 5.49. The van der Waals surface area contributed by atoms with E-state index < -0.39 is 0 Å². The Morgan fingerprint density at radius 1 is 1.15 bits per heavy atom. The SMILES string of the molecule is Cc1cccnc1NC(=O)CCSc1nc(N)c(C#N)c(-c2ccc(C(C)C)cc2)c1C#N. The lowest BCUT2D eigenvalue weighted by Crippen LogP contribution is -2.14. The molecule has 0 unspecified atom stereocenters. The smallest absolute Gasteiger partial charge is 0.226 e. The number of benzene rings is 1. The monoisotopic (exact) mass is 456 g/mol. The van der Waals surface area contributed by atoms with E-state index in [-0.39, 0.29) is 29.3 Å². The van der Waals surface area contributed by atoms with Crippen LogP contribution in [0.25, 0.3) is 11.1 Å². The van der Waals surface area contributed by atoms with E-state index in [9.17, 15) is 15.3 Å². The fourth-order valence-electron chi connectivity index (χ4n) is 3.28. The number of nitrogens with one attached hydrogen (secondary N) is 1. The molecular formula is C25H24N6OS. The lowest BCUT2D eigenvalue weighted by Gasteiger charge is -2.14. The van der Waals surface area contributed by atoms with Crippen LogP contribution in [0.4, 0.5) is 11.6 Å². The second-order valence-electron chi connectivity index (χ2n) is 7.74. The molecule has 1 amide bonds. The maximum atomic E-state index is 12.3. The normalized spacial score (nSPS) is 10.5. The van der Waals surface area contributed by atoms with Gasteiger partial charge in [-0.3, -0.25) is 4.79 Å². The van der Waals surface area contributed by atoms with Gasteiger partial charge >= 0.3 is 0 Å². The summed E-state index contributed by atoms with van der Waals surface area (Å²) in [5.74, 6) is 1.15. The number of rotatable bonds is 7. The molecule has 3 aromatic rings. The maximum Gasteiger partial charge on any atom is 0.226 e. The number of nitriles is 2. The molecule has 3 N–H and O–H groups in total. The van der Waals surface area contributed by atoms with Crippen molar-refractivity contribution in [2.75, 3.05) is 16.8 Å². The van der Waals surface area contributed by atoms with Crippen molar-refractivity contribution in [1.82, 2.24) is 9.97 Å². The summed E-state index contributed by atoms with van der Waals surface area (Å²) in [5, 5.41) is 22.8. The Morgan fingerprint density at radius 2 is 1.85 bits per heavy atom. The van der Waals surface area contributed by atoms with Crippen molar-refractivity contribution >= 4 is 29.3 Å². The van der Waals surface area contributed by atoms with Crippen molar-refractivity contribution in [2.24, 2.45) is 0 Å². The highest BCUT2D eigenvalue weighted by molar-refractivity contribution is 7.99. The van der Waals surface area contributed by atoms with Gasteiger partial charge in [-0.05, 0) is 35.6 Å². The summed E-state index contributed by atoms with van der Waals surface area (Å²) in [6.45, 7) is 6.07. The second-order valence-corrected chi connectivity index (χ2v) is 8.83. The van der Waals surface area contributed by atoms with Crippen LogP contribution in [-0.4, -0.2) is 21.6 Å². The van der Waals surface area contributed by atoms with Crippen molar-refractivity contribution in [3.8, 4) is 23.3 Å². The summed E-state index contributed by atoms with van der Waals surface area (Å²) in [6.07, 6.45) is 1.82. The van der Waals surface area contributed by atoms with Gasteiger partial charge in [0.05, 0.1) is 5.56 Å². The topological polar surface area (TPSA) is 128 Å². The molecule has 0 spiro atoms. The van der Waals surface area contributed by atoms with Crippen LogP contribution in [0.5, 0.6) is 0 Å². The lowest BCUT2D eigenvalue weighted by molar-refractivity contribution is -0.115. The van der Waals surface area contributed by atoms with E-state index in [2.05, 4.69) is 41.3 Å². The zero-order valence-electron chi connectivity index (χ0n) is 18.7. The fourth-order valence-corrected chi connectivity index (χ4v) is 4.21. The molecule has 7 nitrogen and oxygen atoms in total. The van der Waals surface area contributed by atoms with Gasteiger partial charge < -0.3 is 11.1 Å². The summed E-state index contributed by atoms with van der Waals surface area (Å²) in [4.78, 5) is 20.8. The van der Waals surface area contributed by atoms with Crippen LogP contribution in [0.1, 0.15) is 48.4 Å². The Balaban J connectivity index is 1.84. The van der Waals surface area contributed by atoms with Crippen molar-refractivity contribution in [2.45, 2.75) is 38.1 Å². The van der Waals surface area contributed by atoms with Gasteiger partial charge in [0.15, 0.2) is 0 Å². The van der Waals surface area contributed by atoms with E-state index in [0.29, 0.717) is 28.1 Å². The molecule has 0 aliphatic heterocycles. The molecule has 8 heteroatoms. The van der Waals surface area contributed by atoms with Crippen molar-refractivity contribution < 1.29 is 4.79 Å². The number of hydrogen-bond donors (Lipinski definition) is 2.